The number of hydrogen-bond acceptors (Lipinski definition) is 7. The van der Waals surface area contributed by atoms with Crippen molar-refractivity contribution >= 4 is 22.7 Å². The predicted octanol–water partition coefficient (Wildman–Crippen LogP) is 5.46. The molecular weight excluding hydrogens is 460 g/mol. The van der Waals surface area contributed by atoms with Crippen molar-refractivity contribution in [1.82, 2.24) is 9.66 Å². The fourth-order valence-electron chi connectivity index (χ4n) is 4.26. The number of fused-ring (bicyclic) bond motifs is 1. The van der Waals surface area contributed by atoms with E-state index in [0.29, 0.717) is 17.2 Å². The molecule has 178 valence electrons. The molecule has 1 aliphatic rings. The first-order valence-corrected chi connectivity index (χ1v) is 12.2. The second-order valence-corrected chi connectivity index (χ2v) is 8.85. The number of benzene rings is 2. The standard InChI is InChI=1S/C27H26N4O3S/c1-32-24-14-19(15-25(33-2)26(24)34-3)23-17-35-27(29-20-10-7-13-28-16-20)31(23)30-22-12-6-9-18-8-4-5-11-21(18)22/h4-5,7-8,10-11,13-17H,6,9,12H2,1-3H3. The largest absolute Gasteiger partial charge is 0.493 e. The van der Waals surface area contributed by atoms with Gasteiger partial charge in [0.25, 0.3) is 0 Å². The molecule has 0 amide bonds. The van der Waals surface area contributed by atoms with Crippen LogP contribution in [0.3, 0.4) is 0 Å². The normalized spacial score (nSPS) is 14.6. The summed E-state index contributed by atoms with van der Waals surface area (Å²) in [6, 6.07) is 16.2. The fraction of sp³-hybridized carbons (Fsp3) is 0.222. The molecule has 0 fully saturated rings. The third kappa shape index (κ3) is 4.57. The first kappa shape index (κ1) is 22.9. The molecule has 0 bridgehead atoms. The Morgan fingerprint density at radius 2 is 1.74 bits per heavy atom. The topological polar surface area (TPSA) is 70.2 Å². The van der Waals surface area contributed by atoms with E-state index in [1.54, 1.807) is 33.7 Å². The van der Waals surface area contributed by atoms with E-state index < -0.39 is 0 Å². The lowest BCUT2D eigenvalue weighted by atomic mass is 9.90. The lowest BCUT2D eigenvalue weighted by molar-refractivity contribution is 0.324. The minimum Gasteiger partial charge on any atom is -0.493 e. The maximum absolute atomic E-state index is 5.60. The summed E-state index contributed by atoms with van der Waals surface area (Å²) in [5.41, 5.74) is 6.11. The van der Waals surface area contributed by atoms with Crippen molar-refractivity contribution in [2.75, 3.05) is 21.3 Å². The summed E-state index contributed by atoms with van der Waals surface area (Å²) >= 11 is 1.52. The van der Waals surface area contributed by atoms with Crippen molar-refractivity contribution in [1.29, 1.82) is 0 Å². The van der Waals surface area contributed by atoms with Crippen LogP contribution in [0, 0.1) is 0 Å². The average molecular weight is 487 g/mol. The van der Waals surface area contributed by atoms with Gasteiger partial charge >= 0.3 is 0 Å². The van der Waals surface area contributed by atoms with Gasteiger partial charge in [-0.25, -0.2) is 9.67 Å². The van der Waals surface area contributed by atoms with Crippen LogP contribution >= 0.6 is 11.3 Å². The molecule has 4 aromatic rings. The third-order valence-corrected chi connectivity index (χ3v) is 6.74. The van der Waals surface area contributed by atoms with E-state index in [0.717, 1.165) is 46.7 Å². The molecule has 2 aromatic carbocycles. The lowest BCUT2D eigenvalue weighted by Crippen LogP contribution is -2.18. The fourth-order valence-corrected chi connectivity index (χ4v) is 5.11. The zero-order valence-electron chi connectivity index (χ0n) is 19.9. The Balaban J connectivity index is 1.74. The molecule has 0 unspecified atom stereocenters. The molecule has 35 heavy (non-hydrogen) atoms. The van der Waals surface area contributed by atoms with Gasteiger partial charge in [0, 0.05) is 22.7 Å². The molecule has 0 saturated carbocycles. The number of rotatable bonds is 6. The molecular formula is C27H26N4O3S. The minimum atomic E-state index is 0.549. The summed E-state index contributed by atoms with van der Waals surface area (Å²) in [5.74, 6) is 1.72. The quantitative estimate of drug-likeness (QED) is 0.363. The van der Waals surface area contributed by atoms with Gasteiger partial charge in [-0.1, -0.05) is 24.3 Å². The van der Waals surface area contributed by atoms with Crippen LogP contribution in [0.5, 0.6) is 17.2 Å². The maximum atomic E-state index is 5.60. The van der Waals surface area contributed by atoms with Crippen LogP contribution in [0.15, 0.2) is 76.4 Å². The van der Waals surface area contributed by atoms with E-state index >= 15 is 0 Å². The van der Waals surface area contributed by atoms with Crippen LogP contribution in [0.4, 0.5) is 5.69 Å². The molecule has 0 spiro atoms. The molecule has 8 heteroatoms. The van der Waals surface area contributed by atoms with Crippen molar-refractivity contribution < 1.29 is 14.2 Å². The maximum Gasteiger partial charge on any atom is 0.211 e. The highest BCUT2D eigenvalue weighted by Gasteiger charge is 2.19. The minimum absolute atomic E-state index is 0.549. The summed E-state index contributed by atoms with van der Waals surface area (Å²) in [4.78, 5) is 9.80. The summed E-state index contributed by atoms with van der Waals surface area (Å²) in [6.07, 6.45) is 6.51. The van der Waals surface area contributed by atoms with E-state index in [4.69, 9.17) is 24.3 Å². The molecule has 5 rings (SSSR count). The molecule has 0 N–H and O–H groups in total. The number of aryl methyl sites for hydroxylation is 1. The first-order chi connectivity index (χ1) is 17.2. The Morgan fingerprint density at radius 3 is 2.46 bits per heavy atom. The van der Waals surface area contributed by atoms with Crippen molar-refractivity contribution in [3.8, 4) is 28.5 Å². The van der Waals surface area contributed by atoms with Crippen molar-refractivity contribution in [2.45, 2.75) is 19.3 Å². The van der Waals surface area contributed by atoms with E-state index in [2.05, 4.69) is 34.6 Å². The number of thiazole rings is 1. The summed E-state index contributed by atoms with van der Waals surface area (Å²) < 4.78 is 18.6. The van der Waals surface area contributed by atoms with Gasteiger partial charge in [-0.05, 0) is 49.1 Å². The van der Waals surface area contributed by atoms with Crippen molar-refractivity contribution in [2.24, 2.45) is 10.1 Å². The Kier molecular flexibility index (Phi) is 6.63. The predicted molar refractivity (Wildman–Crippen MR) is 138 cm³/mol. The summed E-state index contributed by atoms with van der Waals surface area (Å²) in [7, 11) is 4.83. The summed E-state index contributed by atoms with van der Waals surface area (Å²) in [6.45, 7) is 0. The van der Waals surface area contributed by atoms with Crippen molar-refractivity contribution in [3.63, 3.8) is 0 Å². The second kappa shape index (κ2) is 10.1. The number of hydrogen-bond donors (Lipinski definition) is 0. The van der Waals surface area contributed by atoms with Gasteiger partial charge in [0.05, 0.1) is 44.6 Å². The number of ether oxygens (including phenoxy) is 3. The highest BCUT2D eigenvalue weighted by molar-refractivity contribution is 7.07. The van der Waals surface area contributed by atoms with Gasteiger partial charge in [0.1, 0.15) is 0 Å². The monoisotopic (exact) mass is 486 g/mol. The zero-order valence-corrected chi connectivity index (χ0v) is 20.7. The van der Waals surface area contributed by atoms with E-state index in [9.17, 15) is 0 Å². The van der Waals surface area contributed by atoms with Crippen LogP contribution in [0.2, 0.25) is 0 Å². The number of pyridine rings is 1. The Bertz CT molecular complexity index is 1420. The van der Waals surface area contributed by atoms with Crippen LogP contribution in [0.1, 0.15) is 24.0 Å². The number of aromatic nitrogens is 2. The summed E-state index contributed by atoms with van der Waals surface area (Å²) in [5, 5.41) is 7.21. The molecule has 2 aromatic heterocycles. The van der Waals surface area contributed by atoms with Crippen LogP contribution < -0.4 is 19.0 Å². The third-order valence-electron chi connectivity index (χ3n) is 5.93. The Labute approximate surface area is 208 Å². The Hall–Kier alpha value is -3.91. The van der Waals surface area contributed by atoms with Crippen LogP contribution in [-0.2, 0) is 6.42 Å². The number of methoxy groups -OCH3 is 3. The zero-order chi connectivity index (χ0) is 24.2. The molecule has 0 saturated heterocycles. The van der Waals surface area contributed by atoms with Crippen molar-refractivity contribution in [3.05, 3.63) is 82.2 Å². The number of nitrogens with zero attached hydrogens (tertiary/aromatic N) is 4. The van der Waals surface area contributed by atoms with E-state index in [1.807, 2.05) is 28.9 Å². The highest BCUT2D eigenvalue weighted by atomic mass is 32.1. The van der Waals surface area contributed by atoms with Crippen LogP contribution in [-0.4, -0.2) is 36.7 Å². The van der Waals surface area contributed by atoms with Gasteiger partial charge in [-0.15, -0.1) is 11.3 Å². The van der Waals surface area contributed by atoms with E-state index in [1.165, 1.54) is 22.5 Å². The molecule has 0 radical (unpaired) electrons. The van der Waals surface area contributed by atoms with Gasteiger partial charge in [0.2, 0.25) is 10.6 Å². The SMILES string of the molecule is COc1cc(-c2csc(=Nc3cccnc3)n2N=C2CCCc3ccccc32)cc(OC)c1OC. The van der Waals surface area contributed by atoms with E-state index in [-0.39, 0.29) is 0 Å². The molecule has 0 atom stereocenters. The molecule has 7 nitrogen and oxygen atoms in total. The van der Waals surface area contributed by atoms with Gasteiger partial charge in [0.15, 0.2) is 11.5 Å². The van der Waals surface area contributed by atoms with Crippen LogP contribution in [0.25, 0.3) is 11.3 Å². The van der Waals surface area contributed by atoms with Gasteiger partial charge in [-0.3, -0.25) is 4.98 Å². The molecule has 0 aliphatic heterocycles. The smallest absolute Gasteiger partial charge is 0.211 e. The van der Waals surface area contributed by atoms with Gasteiger partial charge in [-0.2, -0.15) is 5.10 Å². The lowest BCUT2D eigenvalue weighted by Gasteiger charge is -2.18. The molecule has 1 aliphatic carbocycles. The van der Waals surface area contributed by atoms with Gasteiger partial charge < -0.3 is 14.2 Å². The average Bonchev–Trinajstić information content (AvgIpc) is 3.30. The Morgan fingerprint density at radius 1 is 0.943 bits per heavy atom. The second-order valence-electron chi connectivity index (χ2n) is 8.01. The highest BCUT2D eigenvalue weighted by Crippen LogP contribution is 2.41. The molecule has 2 heterocycles. The first-order valence-electron chi connectivity index (χ1n) is 11.3.